The number of urea groups is 1. The molecule has 256 valence electrons. The first-order valence-corrected chi connectivity index (χ1v) is 16.5. The molecule has 1 saturated heterocycles. The first kappa shape index (κ1) is 32.9. The zero-order valence-electron chi connectivity index (χ0n) is 27.3. The van der Waals surface area contributed by atoms with Crippen molar-refractivity contribution in [3.05, 3.63) is 119 Å². The van der Waals surface area contributed by atoms with Gasteiger partial charge >= 0.3 is 12.2 Å². The number of imide groups is 1. The van der Waals surface area contributed by atoms with E-state index in [0.29, 0.717) is 66.2 Å². The van der Waals surface area contributed by atoms with Gasteiger partial charge in [-0.05, 0) is 77.4 Å². The number of rotatable bonds is 10. The van der Waals surface area contributed by atoms with Gasteiger partial charge in [-0.2, -0.15) is 13.2 Å². The van der Waals surface area contributed by atoms with Crippen LogP contribution in [0.1, 0.15) is 42.0 Å². The zero-order chi connectivity index (χ0) is 34.9. The van der Waals surface area contributed by atoms with E-state index in [9.17, 15) is 22.8 Å². The molecule has 0 radical (unpaired) electrons. The normalized spacial score (nSPS) is 17.2. The lowest BCUT2D eigenvalue weighted by atomic mass is 9.87. The van der Waals surface area contributed by atoms with E-state index in [4.69, 9.17) is 14.2 Å². The number of nitrogens with one attached hydrogen (secondary N) is 1. The smallest absolute Gasteiger partial charge is 0.418 e. The number of benzene rings is 4. The quantitative estimate of drug-likeness (QED) is 0.119. The van der Waals surface area contributed by atoms with Crippen LogP contribution in [0.2, 0.25) is 0 Å². The Kier molecular flexibility index (Phi) is 8.81. The van der Waals surface area contributed by atoms with Gasteiger partial charge in [0.25, 0.3) is 5.91 Å². The van der Waals surface area contributed by atoms with E-state index in [-0.39, 0.29) is 24.6 Å². The van der Waals surface area contributed by atoms with E-state index >= 15 is 0 Å². The highest BCUT2D eigenvalue weighted by atomic mass is 19.4. The van der Waals surface area contributed by atoms with Gasteiger partial charge in [0.05, 0.1) is 17.7 Å². The number of pyridine rings is 1. The third-order valence-electron chi connectivity index (χ3n) is 9.20. The number of carbonyl (C=O) groups excluding carboxylic acids is 2. The van der Waals surface area contributed by atoms with Crippen molar-refractivity contribution in [2.75, 3.05) is 26.4 Å². The van der Waals surface area contributed by atoms with E-state index in [0.717, 1.165) is 22.8 Å². The molecular weight excluding hydrogens is 647 g/mol. The molecule has 0 saturated carbocycles. The summed E-state index contributed by atoms with van der Waals surface area (Å²) < 4.78 is 59.0. The van der Waals surface area contributed by atoms with E-state index in [2.05, 4.69) is 10.3 Å². The topological polar surface area (TPSA) is 90.0 Å². The molecule has 11 heteroatoms. The second-order valence-corrected chi connectivity index (χ2v) is 12.3. The van der Waals surface area contributed by atoms with Crippen LogP contribution in [0.4, 0.5) is 18.0 Å². The molecule has 1 unspecified atom stereocenters. The minimum Gasteiger partial charge on any atom is -0.494 e. The summed E-state index contributed by atoms with van der Waals surface area (Å²) in [6.07, 6.45) is -1.79. The molecule has 1 atom stereocenters. The molecule has 50 heavy (non-hydrogen) atoms. The van der Waals surface area contributed by atoms with Crippen LogP contribution < -0.4 is 19.5 Å². The summed E-state index contributed by atoms with van der Waals surface area (Å²) in [5.74, 6) is 1.35. The lowest BCUT2D eigenvalue weighted by Crippen LogP contribution is -2.43. The Balaban J connectivity index is 1.06. The maximum absolute atomic E-state index is 13.9. The molecule has 2 aliphatic heterocycles. The molecule has 1 aromatic heterocycles. The number of hydrogen-bond donors (Lipinski definition) is 1. The largest absolute Gasteiger partial charge is 0.494 e. The van der Waals surface area contributed by atoms with Gasteiger partial charge in [0.1, 0.15) is 24.5 Å². The number of ether oxygens (including phenoxy) is 3. The second kappa shape index (κ2) is 13.4. The summed E-state index contributed by atoms with van der Waals surface area (Å²) >= 11 is 0. The van der Waals surface area contributed by atoms with Crippen molar-refractivity contribution in [1.82, 2.24) is 15.2 Å². The van der Waals surface area contributed by atoms with E-state index < -0.39 is 23.3 Å². The number of fused-ring (bicyclic) bond motifs is 2. The van der Waals surface area contributed by atoms with E-state index in [1.54, 1.807) is 36.4 Å². The summed E-state index contributed by atoms with van der Waals surface area (Å²) in [5.41, 5.74) is 1.74. The Morgan fingerprint density at radius 2 is 1.68 bits per heavy atom. The highest BCUT2D eigenvalue weighted by Gasteiger charge is 2.51. The van der Waals surface area contributed by atoms with Crippen molar-refractivity contribution in [3.8, 4) is 28.4 Å². The van der Waals surface area contributed by atoms with Crippen LogP contribution in [0, 0.1) is 0 Å². The summed E-state index contributed by atoms with van der Waals surface area (Å²) in [5, 5.41) is 3.31. The van der Waals surface area contributed by atoms with Crippen LogP contribution in [-0.2, 0) is 22.9 Å². The molecular formula is C39H34F3N3O5. The number of nitrogens with zero attached hydrogens (tertiary/aromatic N) is 2. The van der Waals surface area contributed by atoms with Gasteiger partial charge in [0, 0.05) is 18.1 Å². The number of aromatic nitrogens is 1. The average molecular weight is 682 g/mol. The summed E-state index contributed by atoms with van der Waals surface area (Å²) in [4.78, 5) is 32.1. The lowest BCUT2D eigenvalue weighted by molar-refractivity contribution is -0.136. The fraction of sp³-hybridized carbons (Fsp3) is 0.256. The van der Waals surface area contributed by atoms with Crippen LogP contribution in [0.15, 0.2) is 97.2 Å². The molecule has 5 aromatic rings. The van der Waals surface area contributed by atoms with Crippen molar-refractivity contribution < 1.29 is 37.0 Å². The Morgan fingerprint density at radius 1 is 0.920 bits per heavy atom. The predicted octanol–water partition coefficient (Wildman–Crippen LogP) is 7.91. The summed E-state index contributed by atoms with van der Waals surface area (Å²) in [6, 6.07) is 25.8. The Bertz CT molecular complexity index is 2050. The second-order valence-electron chi connectivity index (χ2n) is 12.3. The van der Waals surface area contributed by atoms with Gasteiger partial charge < -0.3 is 19.5 Å². The fourth-order valence-electron chi connectivity index (χ4n) is 6.69. The maximum Gasteiger partial charge on any atom is 0.418 e. The molecule has 8 nitrogen and oxygen atoms in total. The number of hydrogen-bond acceptors (Lipinski definition) is 6. The van der Waals surface area contributed by atoms with Crippen LogP contribution in [-0.4, -0.2) is 48.2 Å². The van der Waals surface area contributed by atoms with Crippen LogP contribution in [0.25, 0.3) is 22.0 Å². The lowest BCUT2D eigenvalue weighted by Gasteiger charge is -2.27. The molecule has 3 amide bonds. The molecule has 0 aliphatic carbocycles. The van der Waals surface area contributed by atoms with Crippen LogP contribution >= 0.6 is 0 Å². The Hall–Kier alpha value is -5.58. The molecule has 0 bridgehead atoms. The van der Waals surface area contributed by atoms with Gasteiger partial charge in [-0.25, -0.2) is 4.79 Å². The SMILES string of the molecule is CCC1(c2ccc3c(c2)OCCO3)NC(=O)N(CCCOc2ccc(-c3c(Cc4ccccc4)cnc4c(C(F)(F)F)cccc34)cc2)C1=O. The van der Waals surface area contributed by atoms with Crippen molar-refractivity contribution in [2.24, 2.45) is 0 Å². The van der Waals surface area contributed by atoms with Gasteiger partial charge in [0.15, 0.2) is 11.5 Å². The average Bonchev–Trinajstić information content (AvgIpc) is 3.38. The third kappa shape index (κ3) is 6.19. The van der Waals surface area contributed by atoms with E-state index in [1.807, 2.05) is 49.4 Å². The maximum atomic E-state index is 13.9. The molecule has 1 fully saturated rings. The predicted molar refractivity (Wildman–Crippen MR) is 181 cm³/mol. The van der Waals surface area contributed by atoms with Crippen molar-refractivity contribution >= 4 is 22.8 Å². The van der Waals surface area contributed by atoms with Crippen LogP contribution in [0.3, 0.4) is 0 Å². The number of halogens is 3. The zero-order valence-corrected chi connectivity index (χ0v) is 27.3. The fourth-order valence-corrected chi connectivity index (χ4v) is 6.69. The van der Waals surface area contributed by atoms with Gasteiger partial charge in [-0.3, -0.25) is 14.7 Å². The Morgan fingerprint density at radius 3 is 2.42 bits per heavy atom. The molecule has 3 heterocycles. The minimum absolute atomic E-state index is 0.103. The number of amides is 3. The minimum atomic E-state index is -4.55. The Labute approximate surface area is 286 Å². The molecule has 1 N–H and O–H groups in total. The molecule has 4 aromatic carbocycles. The number of alkyl halides is 3. The number of carbonyl (C=O) groups is 2. The number of para-hydroxylation sites is 1. The summed E-state index contributed by atoms with van der Waals surface area (Å²) in [7, 11) is 0. The molecule has 2 aliphatic rings. The third-order valence-corrected chi connectivity index (χ3v) is 9.20. The first-order chi connectivity index (χ1) is 24.2. The monoisotopic (exact) mass is 681 g/mol. The van der Waals surface area contributed by atoms with Gasteiger partial charge in [-0.1, -0.05) is 67.6 Å². The van der Waals surface area contributed by atoms with Crippen molar-refractivity contribution in [2.45, 2.75) is 37.9 Å². The van der Waals surface area contributed by atoms with Crippen molar-refractivity contribution in [3.63, 3.8) is 0 Å². The molecule has 7 rings (SSSR count). The van der Waals surface area contributed by atoms with Gasteiger partial charge in [-0.15, -0.1) is 0 Å². The molecule has 0 spiro atoms. The van der Waals surface area contributed by atoms with E-state index in [1.165, 1.54) is 17.2 Å². The highest BCUT2D eigenvalue weighted by molar-refractivity contribution is 6.07. The highest BCUT2D eigenvalue weighted by Crippen LogP contribution is 2.40. The van der Waals surface area contributed by atoms with Crippen LogP contribution in [0.5, 0.6) is 17.2 Å². The standard InChI is InChI=1S/C39H34F3N3O5/c1-2-38(28-14-17-32-33(23-28)50-21-20-49-32)36(46)45(37(47)44-38)18-7-19-48-29-15-12-26(13-16-29)34-27(22-25-8-4-3-5-9-25)24-43-35-30(34)10-6-11-31(35)39(40,41)42/h3-6,8-17,23-24H,2,7,18-22H2,1H3,(H,44,47). The first-order valence-electron chi connectivity index (χ1n) is 16.5. The van der Waals surface area contributed by atoms with Gasteiger partial charge in [0.2, 0.25) is 0 Å². The van der Waals surface area contributed by atoms with Crippen molar-refractivity contribution in [1.29, 1.82) is 0 Å². The summed E-state index contributed by atoms with van der Waals surface area (Å²) in [6.45, 7) is 3.09.